The van der Waals surface area contributed by atoms with Crippen LogP contribution in [-0.2, 0) is 0 Å². The molecule has 4 aliphatic rings. The predicted octanol–water partition coefficient (Wildman–Crippen LogP) is 2.61. The lowest BCUT2D eigenvalue weighted by Crippen LogP contribution is -2.55. The van der Waals surface area contributed by atoms with Gasteiger partial charge in [0.25, 0.3) is 5.91 Å². The maximum Gasteiger partial charge on any atom is 0.271 e. The van der Waals surface area contributed by atoms with Crippen LogP contribution < -0.4 is 5.32 Å². The van der Waals surface area contributed by atoms with Crippen molar-refractivity contribution in [2.75, 3.05) is 19.6 Å². The van der Waals surface area contributed by atoms with Crippen LogP contribution in [0.15, 0.2) is 17.0 Å². The fraction of sp³-hybridized carbons (Fsp3) is 0.700. The van der Waals surface area contributed by atoms with Gasteiger partial charge in [-0.05, 0) is 43.4 Å². The molecule has 5 nitrogen and oxygen atoms in total. The summed E-state index contributed by atoms with van der Waals surface area (Å²) in [4.78, 5) is 19.0. The molecule has 0 unspecified atom stereocenters. The summed E-state index contributed by atoms with van der Waals surface area (Å²) < 4.78 is 0. The third-order valence-corrected chi connectivity index (χ3v) is 7.45. The number of rotatable bonds is 4. The number of hydrogen-bond donors (Lipinski definition) is 2. The van der Waals surface area contributed by atoms with E-state index in [2.05, 4.69) is 35.1 Å². The Bertz CT molecular complexity index is 726. The molecule has 1 amide bonds. The highest BCUT2D eigenvalue weighted by molar-refractivity contribution is 7.09. The molecule has 0 aromatic carbocycles. The SMILES string of the molecule is Cc1nc(C(=O)N[C@H]2C[C@@H](O)CN(CC3=CC[C@H]4C[C@@H]3C4(C)C)C2)cs1. The average Bonchev–Trinajstić information content (AvgIpc) is 3.01. The molecule has 2 heterocycles. The highest BCUT2D eigenvalue weighted by Gasteiger charge is 2.51. The smallest absolute Gasteiger partial charge is 0.271 e. The average molecular weight is 376 g/mol. The lowest BCUT2D eigenvalue weighted by molar-refractivity contribution is -0.0148. The van der Waals surface area contributed by atoms with Gasteiger partial charge < -0.3 is 10.4 Å². The van der Waals surface area contributed by atoms with Crippen molar-refractivity contribution < 1.29 is 9.90 Å². The minimum Gasteiger partial charge on any atom is -0.392 e. The summed E-state index contributed by atoms with van der Waals surface area (Å²) in [6.07, 6.45) is 5.16. The largest absolute Gasteiger partial charge is 0.392 e. The van der Waals surface area contributed by atoms with Gasteiger partial charge in [-0.2, -0.15) is 0 Å². The molecule has 1 aromatic heterocycles. The fourth-order valence-corrected chi connectivity index (χ4v) is 5.63. The summed E-state index contributed by atoms with van der Waals surface area (Å²) in [5.74, 6) is 1.40. The first kappa shape index (κ1) is 18.1. The van der Waals surface area contributed by atoms with Crippen molar-refractivity contribution >= 4 is 17.2 Å². The van der Waals surface area contributed by atoms with Crippen LogP contribution in [0.4, 0.5) is 0 Å². The van der Waals surface area contributed by atoms with Crippen LogP contribution in [0.5, 0.6) is 0 Å². The van der Waals surface area contributed by atoms with Crippen molar-refractivity contribution in [3.05, 3.63) is 27.7 Å². The van der Waals surface area contributed by atoms with E-state index in [1.807, 2.05) is 6.92 Å². The predicted molar refractivity (Wildman–Crippen MR) is 103 cm³/mol. The van der Waals surface area contributed by atoms with Gasteiger partial charge in [0.15, 0.2) is 0 Å². The number of hydrogen-bond acceptors (Lipinski definition) is 5. The number of fused-ring (bicyclic) bond motifs is 1. The Labute approximate surface area is 159 Å². The highest BCUT2D eigenvalue weighted by Crippen LogP contribution is 2.59. The molecule has 5 rings (SSSR count). The van der Waals surface area contributed by atoms with Gasteiger partial charge >= 0.3 is 0 Å². The van der Waals surface area contributed by atoms with Crippen molar-refractivity contribution in [1.82, 2.24) is 15.2 Å². The molecule has 1 saturated heterocycles. The lowest BCUT2D eigenvalue weighted by Gasteiger charge is -2.57. The molecular formula is C20H29N3O2S. The molecule has 142 valence electrons. The third-order valence-electron chi connectivity index (χ3n) is 6.68. The molecule has 1 aromatic rings. The van der Waals surface area contributed by atoms with E-state index < -0.39 is 6.10 Å². The minimum atomic E-state index is -0.391. The molecule has 2 bridgehead atoms. The van der Waals surface area contributed by atoms with Gasteiger partial charge in [-0.3, -0.25) is 9.69 Å². The summed E-state index contributed by atoms with van der Waals surface area (Å²) in [6, 6.07) is -0.0282. The Morgan fingerprint density at radius 2 is 2.23 bits per heavy atom. The van der Waals surface area contributed by atoms with E-state index in [1.54, 1.807) is 5.38 Å². The molecule has 0 spiro atoms. The molecule has 2 N–H and O–H groups in total. The van der Waals surface area contributed by atoms with Crippen LogP contribution in [0.2, 0.25) is 0 Å². The van der Waals surface area contributed by atoms with E-state index in [4.69, 9.17) is 0 Å². The maximum absolute atomic E-state index is 12.4. The summed E-state index contributed by atoms with van der Waals surface area (Å²) in [5, 5.41) is 16.1. The Hall–Kier alpha value is -1.24. The second-order valence-electron chi connectivity index (χ2n) is 8.83. The molecule has 2 fully saturated rings. The monoisotopic (exact) mass is 375 g/mol. The van der Waals surface area contributed by atoms with Crippen molar-refractivity contribution in [3.8, 4) is 0 Å². The molecule has 3 aliphatic carbocycles. The third kappa shape index (κ3) is 3.35. The lowest BCUT2D eigenvalue weighted by atomic mass is 9.49. The number of carbonyl (C=O) groups is 1. The number of aromatic nitrogens is 1. The Kier molecular flexibility index (Phi) is 4.70. The van der Waals surface area contributed by atoms with Gasteiger partial charge in [0.2, 0.25) is 0 Å². The number of piperidine rings is 1. The molecule has 1 aliphatic heterocycles. The standard InChI is InChI=1S/C20H29N3O2S/c1-12-21-18(11-26-12)19(25)22-15-7-16(24)10-23(9-15)8-13-4-5-14-6-17(13)20(14,2)3/h4,11,14-17,24H,5-10H2,1-3H3,(H,22,25)/t14-,15-,16+,17-/m0/s1. The Balaban J connectivity index is 1.38. The number of thiazole rings is 1. The number of nitrogens with zero attached hydrogens (tertiary/aromatic N) is 2. The van der Waals surface area contributed by atoms with Crippen molar-refractivity contribution in [2.24, 2.45) is 17.3 Å². The molecular weight excluding hydrogens is 346 g/mol. The van der Waals surface area contributed by atoms with E-state index in [9.17, 15) is 9.90 Å². The van der Waals surface area contributed by atoms with Crippen molar-refractivity contribution in [2.45, 2.75) is 52.2 Å². The topological polar surface area (TPSA) is 65.5 Å². The summed E-state index contributed by atoms with van der Waals surface area (Å²) >= 11 is 1.48. The van der Waals surface area contributed by atoms with Gasteiger partial charge in [-0.1, -0.05) is 25.5 Å². The van der Waals surface area contributed by atoms with Crippen molar-refractivity contribution in [1.29, 1.82) is 0 Å². The normalized spacial score (nSPS) is 33.3. The van der Waals surface area contributed by atoms with Crippen LogP contribution in [0.25, 0.3) is 0 Å². The van der Waals surface area contributed by atoms with Crippen LogP contribution in [-0.4, -0.2) is 52.7 Å². The number of aliphatic hydroxyl groups excluding tert-OH is 1. The van der Waals surface area contributed by atoms with Crippen LogP contribution in [0, 0.1) is 24.2 Å². The number of amides is 1. The number of β-amino-alcohol motifs (C(OH)–C–C–N with tert-alkyl or cyclic N) is 1. The zero-order valence-corrected chi connectivity index (χ0v) is 16.7. The molecule has 6 heteroatoms. The zero-order chi connectivity index (χ0) is 18.5. The highest BCUT2D eigenvalue weighted by atomic mass is 32.1. The van der Waals surface area contributed by atoms with Crippen LogP contribution in [0.3, 0.4) is 0 Å². The summed E-state index contributed by atoms with van der Waals surface area (Å²) in [7, 11) is 0. The zero-order valence-electron chi connectivity index (χ0n) is 15.9. The summed E-state index contributed by atoms with van der Waals surface area (Å²) in [5.41, 5.74) is 2.44. The van der Waals surface area contributed by atoms with Crippen LogP contribution in [0.1, 0.15) is 48.6 Å². The molecule has 1 saturated carbocycles. The maximum atomic E-state index is 12.4. The quantitative estimate of drug-likeness (QED) is 0.794. The molecule has 26 heavy (non-hydrogen) atoms. The number of nitrogens with one attached hydrogen (secondary N) is 1. The second-order valence-corrected chi connectivity index (χ2v) is 9.89. The number of likely N-dealkylation sites (tertiary alicyclic amines) is 1. The molecule has 0 radical (unpaired) electrons. The number of aryl methyl sites for hydroxylation is 1. The van der Waals surface area contributed by atoms with Gasteiger partial charge in [0.05, 0.1) is 11.1 Å². The van der Waals surface area contributed by atoms with Gasteiger partial charge in [-0.25, -0.2) is 4.98 Å². The van der Waals surface area contributed by atoms with Gasteiger partial charge in [0, 0.05) is 31.1 Å². The Morgan fingerprint density at radius 1 is 1.42 bits per heavy atom. The summed E-state index contributed by atoms with van der Waals surface area (Å²) in [6.45, 7) is 9.08. The first-order valence-electron chi connectivity index (χ1n) is 9.65. The van der Waals surface area contributed by atoms with E-state index in [0.29, 0.717) is 30.0 Å². The van der Waals surface area contributed by atoms with E-state index >= 15 is 0 Å². The number of carbonyl (C=O) groups excluding carboxylic acids is 1. The second kappa shape index (κ2) is 6.73. The van der Waals surface area contributed by atoms with E-state index in [1.165, 1.54) is 29.8 Å². The first-order chi connectivity index (χ1) is 12.3. The van der Waals surface area contributed by atoms with Gasteiger partial charge in [0.1, 0.15) is 5.69 Å². The first-order valence-corrected chi connectivity index (χ1v) is 10.5. The number of aliphatic hydroxyl groups is 1. The minimum absolute atomic E-state index is 0.0282. The van der Waals surface area contributed by atoms with Crippen LogP contribution >= 0.6 is 11.3 Å². The Morgan fingerprint density at radius 3 is 2.88 bits per heavy atom. The van der Waals surface area contributed by atoms with Gasteiger partial charge in [-0.15, -0.1) is 11.3 Å². The number of allylic oxidation sites excluding steroid dienone is 1. The van der Waals surface area contributed by atoms with E-state index in [-0.39, 0.29) is 11.9 Å². The van der Waals surface area contributed by atoms with Crippen molar-refractivity contribution in [3.63, 3.8) is 0 Å². The fourth-order valence-electron chi connectivity index (χ4n) is 5.04. The van der Waals surface area contributed by atoms with E-state index in [0.717, 1.165) is 24.0 Å². The molecule has 4 atom stereocenters.